The Balaban J connectivity index is 2.36. The zero-order chi connectivity index (χ0) is 13.8. The molecule has 3 nitrogen and oxygen atoms in total. The number of nitrogens with zero attached hydrogens (tertiary/aromatic N) is 1. The summed E-state index contributed by atoms with van der Waals surface area (Å²) in [5, 5.41) is 11.0. The van der Waals surface area contributed by atoms with Gasteiger partial charge in [0, 0.05) is 17.2 Å². The molecule has 0 bridgehead atoms. The highest BCUT2D eigenvalue weighted by molar-refractivity contribution is 7.99. The largest absolute Gasteiger partial charge is 0.478 e. The van der Waals surface area contributed by atoms with Crippen molar-refractivity contribution in [3.63, 3.8) is 0 Å². The van der Waals surface area contributed by atoms with Crippen molar-refractivity contribution < 1.29 is 9.90 Å². The minimum absolute atomic E-state index is 0.368. The lowest BCUT2D eigenvalue weighted by atomic mass is 10.0. The molecule has 0 saturated carbocycles. The van der Waals surface area contributed by atoms with Gasteiger partial charge in [-0.25, -0.2) is 4.79 Å². The third-order valence-electron chi connectivity index (χ3n) is 2.91. The van der Waals surface area contributed by atoms with Gasteiger partial charge in [-0.05, 0) is 37.0 Å². The van der Waals surface area contributed by atoms with Gasteiger partial charge in [0.25, 0.3) is 0 Å². The summed E-state index contributed by atoms with van der Waals surface area (Å²) in [5.74, 6) is 0.115. The molecule has 19 heavy (non-hydrogen) atoms. The molecule has 0 aliphatic rings. The van der Waals surface area contributed by atoms with Gasteiger partial charge in [-0.15, -0.1) is 11.8 Å². The standard InChI is InChI=1S/C15H17NO2S/c1-16(2)9-10-19-14-8-7-13(15(17)18)11-5-3-4-6-12(11)14/h3-8H,9-10H2,1-2H3,(H,17,18). The van der Waals surface area contributed by atoms with Crippen molar-refractivity contribution in [2.45, 2.75) is 4.90 Å². The van der Waals surface area contributed by atoms with Crippen LogP contribution in [0.5, 0.6) is 0 Å². The first-order valence-corrected chi connectivity index (χ1v) is 7.10. The summed E-state index contributed by atoms with van der Waals surface area (Å²) >= 11 is 1.76. The molecule has 0 aliphatic carbocycles. The monoisotopic (exact) mass is 275 g/mol. The zero-order valence-electron chi connectivity index (χ0n) is 11.1. The number of carboxylic acids is 1. The number of fused-ring (bicyclic) bond motifs is 1. The summed E-state index contributed by atoms with van der Waals surface area (Å²) in [6, 6.07) is 11.3. The molecule has 0 amide bonds. The van der Waals surface area contributed by atoms with Crippen LogP contribution in [0.15, 0.2) is 41.3 Å². The van der Waals surface area contributed by atoms with E-state index in [1.807, 2.05) is 44.4 Å². The van der Waals surface area contributed by atoms with Crippen LogP contribution < -0.4 is 0 Å². The van der Waals surface area contributed by atoms with Crippen LogP contribution in [0, 0.1) is 0 Å². The molecule has 0 fully saturated rings. The molecular weight excluding hydrogens is 258 g/mol. The maximum absolute atomic E-state index is 11.2. The van der Waals surface area contributed by atoms with E-state index in [0.29, 0.717) is 5.56 Å². The molecule has 0 atom stereocenters. The van der Waals surface area contributed by atoms with Crippen LogP contribution in [0.4, 0.5) is 0 Å². The van der Waals surface area contributed by atoms with E-state index in [1.165, 1.54) is 0 Å². The average Bonchev–Trinajstić information content (AvgIpc) is 2.38. The van der Waals surface area contributed by atoms with E-state index in [-0.39, 0.29) is 0 Å². The van der Waals surface area contributed by atoms with Crippen molar-refractivity contribution in [3.05, 3.63) is 42.0 Å². The van der Waals surface area contributed by atoms with Gasteiger partial charge in [-0.1, -0.05) is 24.3 Å². The molecule has 2 rings (SSSR count). The summed E-state index contributed by atoms with van der Waals surface area (Å²) in [7, 11) is 4.10. The number of benzene rings is 2. The Labute approximate surface area is 117 Å². The van der Waals surface area contributed by atoms with Crippen molar-refractivity contribution in [2.24, 2.45) is 0 Å². The van der Waals surface area contributed by atoms with Crippen molar-refractivity contribution in [1.82, 2.24) is 4.90 Å². The van der Waals surface area contributed by atoms with E-state index < -0.39 is 5.97 Å². The second-order valence-electron chi connectivity index (χ2n) is 4.61. The lowest BCUT2D eigenvalue weighted by Gasteiger charge is -2.11. The first kappa shape index (κ1) is 13.9. The molecule has 0 saturated heterocycles. The second-order valence-corrected chi connectivity index (χ2v) is 5.75. The minimum atomic E-state index is -0.874. The first-order chi connectivity index (χ1) is 9.09. The van der Waals surface area contributed by atoms with Crippen LogP contribution in [0.2, 0.25) is 0 Å². The molecule has 4 heteroatoms. The van der Waals surface area contributed by atoms with Gasteiger partial charge in [0.15, 0.2) is 0 Å². The summed E-state index contributed by atoms with van der Waals surface area (Å²) in [6.07, 6.45) is 0. The SMILES string of the molecule is CN(C)CCSc1ccc(C(=O)O)c2ccccc12. The van der Waals surface area contributed by atoms with E-state index in [1.54, 1.807) is 17.8 Å². The van der Waals surface area contributed by atoms with Crippen molar-refractivity contribution in [2.75, 3.05) is 26.4 Å². The molecule has 0 aromatic heterocycles. The fraction of sp³-hybridized carbons (Fsp3) is 0.267. The zero-order valence-corrected chi connectivity index (χ0v) is 11.9. The lowest BCUT2D eigenvalue weighted by Crippen LogP contribution is -2.14. The third-order valence-corrected chi connectivity index (χ3v) is 3.96. The molecule has 0 spiro atoms. The quantitative estimate of drug-likeness (QED) is 0.851. The molecule has 0 unspecified atom stereocenters. The molecule has 2 aromatic carbocycles. The third kappa shape index (κ3) is 3.28. The Bertz CT molecular complexity index is 596. The second kappa shape index (κ2) is 6.08. The Hall–Kier alpha value is -1.52. The highest BCUT2D eigenvalue weighted by Crippen LogP contribution is 2.30. The van der Waals surface area contributed by atoms with Gasteiger partial charge in [-0.3, -0.25) is 0 Å². The highest BCUT2D eigenvalue weighted by atomic mass is 32.2. The summed E-state index contributed by atoms with van der Waals surface area (Å²) < 4.78 is 0. The Morgan fingerprint density at radius 1 is 1.16 bits per heavy atom. The highest BCUT2D eigenvalue weighted by Gasteiger charge is 2.10. The summed E-state index contributed by atoms with van der Waals surface area (Å²) in [6.45, 7) is 1.000. The van der Waals surface area contributed by atoms with Crippen molar-refractivity contribution in [1.29, 1.82) is 0 Å². The maximum Gasteiger partial charge on any atom is 0.336 e. The number of carboxylic acid groups (broad SMARTS) is 1. The number of carbonyl (C=O) groups is 1. The van der Waals surface area contributed by atoms with Gasteiger partial charge in [0.2, 0.25) is 0 Å². The fourth-order valence-electron chi connectivity index (χ4n) is 1.92. The number of hydrogen-bond donors (Lipinski definition) is 1. The molecule has 2 aromatic rings. The molecule has 0 heterocycles. The number of aromatic carboxylic acids is 1. The molecule has 100 valence electrons. The predicted molar refractivity (Wildman–Crippen MR) is 80.2 cm³/mol. The van der Waals surface area contributed by atoms with Crippen molar-refractivity contribution >= 4 is 28.5 Å². The van der Waals surface area contributed by atoms with Gasteiger partial charge < -0.3 is 10.0 Å². The number of thioether (sulfide) groups is 1. The topological polar surface area (TPSA) is 40.5 Å². The summed E-state index contributed by atoms with van der Waals surface area (Å²) in [4.78, 5) is 14.5. The Morgan fingerprint density at radius 2 is 1.84 bits per heavy atom. The van der Waals surface area contributed by atoms with E-state index in [9.17, 15) is 9.90 Å². The fourth-order valence-corrected chi connectivity index (χ4v) is 3.10. The molecular formula is C15H17NO2S. The average molecular weight is 275 g/mol. The number of rotatable bonds is 5. The van der Waals surface area contributed by atoms with Crippen LogP contribution in [-0.2, 0) is 0 Å². The Morgan fingerprint density at radius 3 is 2.47 bits per heavy atom. The van der Waals surface area contributed by atoms with Crippen LogP contribution in [0.1, 0.15) is 10.4 Å². The Kier molecular flexibility index (Phi) is 4.45. The normalized spacial score (nSPS) is 11.1. The van der Waals surface area contributed by atoms with Crippen molar-refractivity contribution in [3.8, 4) is 0 Å². The van der Waals surface area contributed by atoms with Crippen LogP contribution >= 0.6 is 11.8 Å². The summed E-state index contributed by atoms with van der Waals surface area (Å²) in [5.41, 5.74) is 0.368. The van der Waals surface area contributed by atoms with Gasteiger partial charge >= 0.3 is 5.97 Å². The van der Waals surface area contributed by atoms with Gasteiger partial charge in [-0.2, -0.15) is 0 Å². The smallest absolute Gasteiger partial charge is 0.336 e. The molecule has 0 radical (unpaired) electrons. The van der Waals surface area contributed by atoms with E-state index in [2.05, 4.69) is 4.90 Å². The first-order valence-electron chi connectivity index (χ1n) is 6.12. The van der Waals surface area contributed by atoms with E-state index in [0.717, 1.165) is 28.0 Å². The van der Waals surface area contributed by atoms with E-state index >= 15 is 0 Å². The molecule has 0 aliphatic heterocycles. The van der Waals surface area contributed by atoms with E-state index in [4.69, 9.17) is 0 Å². The van der Waals surface area contributed by atoms with Gasteiger partial charge in [0.1, 0.15) is 0 Å². The maximum atomic E-state index is 11.2. The van der Waals surface area contributed by atoms with Crippen LogP contribution in [0.25, 0.3) is 10.8 Å². The lowest BCUT2D eigenvalue weighted by molar-refractivity contribution is 0.0699. The van der Waals surface area contributed by atoms with Crippen LogP contribution in [-0.4, -0.2) is 42.4 Å². The number of hydrogen-bond acceptors (Lipinski definition) is 3. The van der Waals surface area contributed by atoms with Crippen LogP contribution in [0.3, 0.4) is 0 Å². The minimum Gasteiger partial charge on any atom is -0.478 e. The van der Waals surface area contributed by atoms with Gasteiger partial charge in [0.05, 0.1) is 5.56 Å². The predicted octanol–water partition coefficient (Wildman–Crippen LogP) is 3.19. The molecule has 1 N–H and O–H groups in total.